The minimum absolute atomic E-state index is 0.535. The summed E-state index contributed by atoms with van der Waals surface area (Å²) in [7, 11) is 0. The first-order valence-electron chi connectivity index (χ1n) is 7.69. The van der Waals surface area contributed by atoms with E-state index in [0.29, 0.717) is 11.9 Å². The van der Waals surface area contributed by atoms with Crippen LogP contribution in [-0.2, 0) is 11.2 Å². The van der Waals surface area contributed by atoms with Crippen molar-refractivity contribution in [1.29, 1.82) is 0 Å². The quantitative estimate of drug-likeness (QED) is 0.874. The topological polar surface area (TPSA) is 63.9 Å². The largest absolute Gasteiger partial charge is 0.382 e. The number of H-pyrrole nitrogens is 1. The highest BCUT2D eigenvalue weighted by molar-refractivity contribution is 5.28. The number of anilines is 1. The Morgan fingerprint density at radius 3 is 2.42 bits per heavy atom. The first-order chi connectivity index (χ1) is 9.28. The minimum Gasteiger partial charge on any atom is -0.382 e. The average Bonchev–Trinajstić information content (AvgIpc) is 2.78. The molecule has 4 fully saturated rings. The highest BCUT2D eigenvalue weighted by Crippen LogP contribution is 2.54. The van der Waals surface area contributed by atoms with Crippen LogP contribution in [0.2, 0.25) is 0 Å². The third-order valence-corrected chi connectivity index (χ3v) is 5.47. The van der Waals surface area contributed by atoms with E-state index in [-0.39, 0.29) is 0 Å². The number of nitrogens with two attached hydrogens (primary N) is 1. The van der Waals surface area contributed by atoms with Crippen LogP contribution in [-0.4, -0.2) is 22.9 Å². The number of aromatic nitrogens is 2. The van der Waals surface area contributed by atoms with Crippen LogP contribution in [0.15, 0.2) is 6.07 Å². The van der Waals surface area contributed by atoms with Crippen molar-refractivity contribution in [2.24, 2.45) is 23.7 Å². The van der Waals surface area contributed by atoms with E-state index in [2.05, 4.69) is 10.2 Å². The summed E-state index contributed by atoms with van der Waals surface area (Å²) >= 11 is 0. The summed E-state index contributed by atoms with van der Waals surface area (Å²) in [6.45, 7) is 0.800. The van der Waals surface area contributed by atoms with Crippen molar-refractivity contribution in [2.45, 2.75) is 44.6 Å². The predicted octanol–water partition coefficient (Wildman–Crippen LogP) is 2.38. The molecular weight excluding hydrogens is 238 g/mol. The maximum absolute atomic E-state index is 6.24. The van der Waals surface area contributed by atoms with Gasteiger partial charge in [0.2, 0.25) is 0 Å². The smallest absolute Gasteiger partial charge is 0.145 e. The second-order valence-corrected chi connectivity index (χ2v) is 6.83. The molecular formula is C15H23N3O. The summed E-state index contributed by atoms with van der Waals surface area (Å²) in [5.74, 6) is 4.32. The number of nitrogens with one attached hydrogen (secondary N) is 1. The molecule has 4 bridgehead atoms. The van der Waals surface area contributed by atoms with Crippen LogP contribution in [0.25, 0.3) is 0 Å². The molecule has 0 atom stereocenters. The Morgan fingerprint density at radius 1 is 1.16 bits per heavy atom. The van der Waals surface area contributed by atoms with Gasteiger partial charge in [-0.15, -0.1) is 0 Å². The number of ether oxygens (including phenoxy) is 1. The summed E-state index contributed by atoms with van der Waals surface area (Å²) in [6, 6.07) is 1.90. The van der Waals surface area contributed by atoms with Crippen LogP contribution in [0.3, 0.4) is 0 Å². The van der Waals surface area contributed by atoms with Gasteiger partial charge in [-0.2, -0.15) is 5.10 Å². The Balaban J connectivity index is 1.33. The third kappa shape index (κ3) is 2.16. The van der Waals surface area contributed by atoms with Crippen molar-refractivity contribution >= 4 is 5.82 Å². The van der Waals surface area contributed by atoms with E-state index in [9.17, 15) is 0 Å². The number of rotatable bonds is 4. The average molecular weight is 261 g/mol. The van der Waals surface area contributed by atoms with Crippen molar-refractivity contribution in [3.8, 4) is 0 Å². The van der Waals surface area contributed by atoms with E-state index in [1.807, 2.05) is 6.07 Å². The van der Waals surface area contributed by atoms with Gasteiger partial charge in [-0.25, -0.2) is 0 Å². The van der Waals surface area contributed by atoms with Gasteiger partial charge in [0.1, 0.15) is 5.82 Å². The highest BCUT2D eigenvalue weighted by atomic mass is 16.5. The molecule has 4 saturated carbocycles. The van der Waals surface area contributed by atoms with Crippen LogP contribution >= 0.6 is 0 Å². The van der Waals surface area contributed by atoms with E-state index in [1.165, 1.54) is 32.1 Å². The Labute approximate surface area is 114 Å². The molecule has 3 N–H and O–H groups in total. The second-order valence-electron chi connectivity index (χ2n) is 6.83. The van der Waals surface area contributed by atoms with Gasteiger partial charge >= 0.3 is 0 Å². The lowest BCUT2D eigenvalue weighted by molar-refractivity contribution is -0.125. The molecule has 1 aromatic heterocycles. The van der Waals surface area contributed by atoms with E-state index in [1.54, 1.807) is 0 Å². The van der Waals surface area contributed by atoms with Gasteiger partial charge in [-0.05, 0) is 55.8 Å². The van der Waals surface area contributed by atoms with E-state index in [4.69, 9.17) is 10.5 Å². The molecule has 0 saturated heterocycles. The van der Waals surface area contributed by atoms with Gasteiger partial charge in [-0.3, -0.25) is 5.10 Å². The maximum Gasteiger partial charge on any atom is 0.145 e. The van der Waals surface area contributed by atoms with Gasteiger partial charge in [-0.1, -0.05) is 0 Å². The monoisotopic (exact) mass is 261 g/mol. The lowest BCUT2D eigenvalue weighted by atomic mass is 9.55. The van der Waals surface area contributed by atoms with E-state index < -0.39 is 0 Å². The minimum atomic E-state index is 0.535. The number of nitrogens with zero attached hydrogens (tertiary/aromatic N) is 1. The molecule has 4 heteroatoms. The SMILES string of the molecule is Nc1cc(CCOC2C3CC4CC(C3)CC2C4)[nH]n1. The Bertz CT molecular complexity index is 428. The third-order valence-electron chi connectivity index (χ3n) is 5.47. The van der Waals surface area contributed by atoms with Crippen LogP contribution in [0.4, 0.5) is 5.82 Å². The van der Waals surface area contributed by atoms with Crippen LogP contribution in [0, 0.1) is 23.7 Å². The van der Waals surface area contributed by atoms with Crippen LogP contribution in [0.5, 0.6) is 0 Å². The first kappa shape index (κ1) is 11.8. The predicted molar refractivity (Wildman–Crippen MR) is 73.5 cm³/mol. The number of hydrogen-bond donors (Lipinski definition) is 2. The molecule has 0 aromatic carbocycles. The molecule has 0 amide bonds. The molecule has 19 heavy (non-hydrogen) atoms. The highest BCUT2D eigenvalue weighted by Gasteiger charge is 2.48. The first-order valence-corrected chi connectivity index (χ1v) is 7.69. The molecule has 0 spiro atoms. The van der Waals surface area contributed by atoms with Gasteiger partial charge in [0.15, 0.2) is 0 Å². The lowest BCUT2D eigenvalue weighted by Crippen LogP contribution is -2.49. The number of nitrogen functional groups attached to an aromatic ring is 1. The Kier molecular flexibility index (Phi) is 2.79. The Morgan fingerprint density at radius 2 is 1.84 bits per heavy atom. The zero-order valence-corrected chi connectivity index (χ0v) is 11.3. The van der Waals surface area contributed by atoms with Gasteiger partial charge in [0.25, 0.3) is 0 Å². The van der Waals surface area contributed by atoms with Crippen molar-refractivity contribution in [3.05, 3.63) is 11.8 Å². The summed E-state index contributed by atoms with van der Waals surface area (Å²) in [6.07, 6.45) is 8.64. The van der Waals surface area contributed by atoms with Crippen molar-refractivity contribution in [1.82, 2.24) is 10.2 Å². The summed E-state index contributed by atoms with van der Waals surface area (Å²) in [5, 5.41) is 6.90. The van der Waals surface area contributed by atoms with Crippen LogP contribution in [0.1, 0.15) is 37.8 Å². The van der Waals surface area contributed by atoms with Crippen molar-refractivity contribution in [2.75, 3.05) is 12.3 Å². The molecule has 4 nitrogen and oxygen atoms in total. The normalized spacial score (nSPS) is 39.9. The fraction of sp³-hybridized carbons (Fsp3) is 0.800. The molecule has 4 aliphatic rings. The molecule has 0 aliphatic heterocycles. The zero-order chi connectivity index (χ0) is 12.8. The second kappa shape index (κ2) is 4.51. The summed E-state index contributed by atoms with van der Waals surface area (Å²) in [5.41, 5.74) is 6.69. The van der Waals surface area contributed by atoms with Crippen LogP contribution < -0.4 is 5.73 Å². The zero-order valence-electron chi connectivity index (χ0n) is 11.3. The van der Waals surface area contributed by atoms with Gasteiger partial charge < -0.3 is 10.5 Å². The molecule has 4 aliphatic carbocycles. The summed E-state index contributed by atoms with van der Waals surface area (Å²) < 4.78 is 6.24. The van der Waals surface area contributed by atoms with Gasteiger partial charge in [0.05, 0.1) is 12.7 Å². The fourth-order valence-electron chi connectivity index (χ4n) is 4.96. The van der Waals surface area contributed by atoms with E-state index >= 15 is 0 Å². The molecule has 104 valence electrons. The van der Waals surface area contributed by atoms with Crippen molar-refractivity contribution in [3.63, 3.8) is 0 Å². The van der Waals surface area contributed by atoms with E-state index in [0.717, 1.165) is 42.4 Å². The van der Waals surface area contributed by atoms with Crippen molar-refractivity contribution < 1.29 is 4.74 Å². The fourth-order valence-corrected chi connectivity index (χ4v) is 4.96. The van der Waals surface area contributed by atoms with Gasteiger partial charge in [0, 0.05) is 18.2 Å². The molecule has 0 unspecified atom stereocenters. The number of aromatic amines is 1. The molecule has 5 rings (SSSR count). The number of hydrogen-bond acceptors (Lipinski definition) is 3. The summed E-state index contributed by atoms with van der Waals surface area (Å²) in [4.78, 5) is 0. The lowest BCUT2D eigenvalue weighted by Gasteiger charge is -2.54. The maximum atomic E-state index is 6.24. The molecule has 1 heterocycles. The standard InChI is InChI=1S/C15H23N3O/c16-14-8-13(17-18-14)1-2-19-15-11-4-9-3-10(6-11)7-12(15)5-9/h8-12,15H,1-7H2,(H3,16,17,18). The molecule has 1 aromatic rings. The Hall–Kier alpha value is -1.03. The molecule has 0 radical (unpaired) electrons.